The maximum atomic E-state index is 13.1. The lowest BCUT2D eigenvalue weighted by molar-refractivity contribution is 0.523. The number of nitrogens with zero attached hydrogens (tertiary/aromatic N) is 3. The zero-order valence-corrected chi connectivity index (χ0v) is 12.6. The van der Waals surface area contributed by atoms with Crippen LogP contribution in [0.15, 0.2) is 78.8 Å². The van der Waals surface area contributed by atoms with Gasteiger partial charge in [0.05, 0.1) is 11.4 Å². The smallest absolute Gasteiger partial charge is 0.331 e. The minimum absolute atomic E-state index is 0.107. The number of benzene rings is 1. The number of halogens is 2. The van der Waals surface area contributed by atoms with Crippen molar-refractivity contribution < 1.29 is 8.63 Å². The standard InChI is InChI=1S/C18H12BF2N3/c20-19(21)24-11-5-4-8-18(24)16(12-22)17-10-9-15(13-23-17)14-6-2-1-3-7-14/h1-11,13H/b18-16+. The molecule has 0 bridgehead atoms. The average Bonchev–Trinajstić information content (AvgIpc) is 2.64. The van der Waals surface area contributed by atoms with Gasteiger partial charge in [-0.3, -0.25) is 13.6 Å². The Morgan fingerprint density at radius 2 is 1.83 bits per heavy atom. The van der Waals surface area contributed by atoms with Crippen LogP contribution in [0.4, 0.5) is 8.63 Å². The van der Waals surface area contributed by atoms with Gasteiger partial charge >= 0.3 is 7.40 Å². The number of hydrogen-bond donors (Lipinski definition) is 0. The van der Waals surface area contributed by atoms with Crippen molar-refractivity contribution in [3.05, 3.63) is 84.5 Å². The van der Waals surface area contributed by atoms with Gasteiger partial charge in [-0.25, -0.2) is 0 Å². The van der Waals surface area contributed by atoms with E-state index in [0.29, 0.717) is 5.69 Å². The Bertz CT molecular complexity index is 850. The van der Waals surface area contributed by atoms with Gasteiger partial charge in [-0.05, 0) is 30.0 Å². The fourth-order valence-corrected chi connectivity index (χ4v) is 2.43. The third kappa shape index (κ3) is 3.11. The molecule has 116 valence electrons. The largest absolute Gasteiger partial charge is 0.677 e. The van der Waals surface area contributed by atoms with Crippen molar-refractivity contribution in [1.29, 1.82) is 5.26 Å². The lowest BCUT2D eigenvalue weighted by Crippen LogP contribution is -2.28. The Labute approximate surface area is 139 Å². The van der Waals surface area contributed by atoms with E-state index in [2.05, 4.69) is 4.98 Å². The molecule has 0 atom stereocenters. The molecule has 0 saturated carbocycles. The Hall–Kier alpha value is -3.20. The molecule has 1 aromatic carbocycles. The Morgan fingerprint density at radius 3 is 2.46 bits per heavy atom. The number of pyridine rings is 1. The predicted octanol–water partition coefficient (Wildman–Crippen LogP) is 4.29. The van der Waals surface area contributed by atoms with E-state index < -0.39 is 7.40 Å². The third-order valence-corrected chi connectivity index (χ3v) is 3.60. The zero-order chi connectivity index (χ0) is 16.9. The van der Waals surface area contributed by atoms with Crippen LogP contribution in [0.25, 0.3) is 16.7 Å². The highest BCUT2D eigenvalue weighted by Gasteiger charge is 2.28. The molecule has 2 aromatic rings. The molecule has 3 nitrogen and oxygen atoms in total. The molecule has 0 aliphatic carbocycles. The van der Waals surface area contributed by atoms with Gasteiger partial charge in [0.1, 0.15) is 11.6 Å². The van der Waals surface area contributed by atoms with E-state index in [9.17, 15) is 13.9 Å². The number of aromatic nitrogens is 1. The highest BCUT2D eigenvalue weighted by molar-refractivity contribution is 6.40. The summed E-state index contributed by atoms with van der Waals surface area (Å²) in [5.41, 5.74) is 2.49. The summed E-state index contributed by atoms with van der Waals surface area (Å²) in [6, 6.07) is 15.2. The van der Waals surface area contributed by atoms with Crippen LogP contribution in [0.5, 0.6) is 0 Å². The van der Waals surface area contributed by atoms with Gasteiger partial charge < -0.3 is 4.81 Å². The van der Waals surface area contributed by atoms with E-state index in [1.807, 2.05) is 42.5 Å². The molecule has 6 heteroatoms. The molecule has 1 aliphatic rings. The number of hydrogen-bond acceptors (Lipinski definition) is 3. The fraction of sp³-hybridized carbons (Fsp3) is 0. The molecule has 1 aromatic heterocycles. The Morgan fingerprint density at radius 1 is 1.04 bits per heavy atom. The summed E-state index contributed by atoms with van der Waals surface area (Å²) in [6.45, 7) is 0. The van der Waals surface area contributed by atoms with Gasteiger partial charge in [0.25, 0.3) is 0 Å². The fourth-order valence-electron chi connectivity index (χ4n) is 2.43. The molecule has 2 heterocycles. The molecule has 1 aliphatic heterocycles. The topological polar surface area (TPSA) is 39.9 Å². The van der Waals surface area contributed by atoms with E-state index in [0.717, 1.165) is 15.9 Å². The number of rotatable bonds is 3. The number of allylic oxidation sites excluding steroid dienone is 4. The van der Waals surface area contributed by atoms with Crippen LogP contribution in [0, 0.1) is 11.3 Å². The normalized spacial score (nSPS) is 15.1. The molecule has 0 N–H and O–H groups in total. The second-order valence-corrected chi connectivity index (χ2v) is 5.06. The molecule has 0 fully saturated rings. The minimum atomic E-state index is -2.73. The van der Waals surface area contributed by atoms with Crippen LogP contribution in [-0.2, 0) is 0 Å². The summed E-state index contributed by atoms with van der Waals surface area (Å²) in [5.74, 6) is 0. The van der Waals surface area contributed by atoms with E-state index in [-0.39, 0.29) is 11.3 Å². The number of nitriles is 1. The van der Waals surface area contributed by atoms with E-state index in [1.54, 1.807) is 18.3 Å². The summed E-state index contributed by atoms with van der Waals surface area (Å²) in [7, 11) is -2.73. The van der Waals surface area contributed by atoms with Crippen LogP contribution in [0.3, 0.4) is 0 Å². The molecular formula is C18H12BF2N3. The summed E-state index contributed by atoms with van der Waals surface area (Å²) in [4.78, 5) is 5.04. The first-order chi connectivity index (χ1) is 11.7. The SMILES string of the molecule is N#C/C(=C1/C=CC=CN1B(F)F)c1ccc(-c2ccccc2)cn1. The van der Waals surface area contributed by atoms with E-state index >= 15 is 0 Å². The molecule has 3 rings (SSSR count). The maximum Gasteiger partial charge on any atom is 0.677 e. The van der Waals surface area contributed by atoms with Crippen molar-refractivity contribution in [2.24, 2.45) is 0 Å². The summed E-state index contributed by atoms with van der Waals surface area (Å²) < 4.78 is 26.3. The van der Waals surface area contributed by atoms with Gasteiger partial charge in [0.2, 0.25) is 0 Å². The third-order valence-electron chi connectivity index (χ3n) is 3.60. The van der Waals surface area contributed by atoms with Crippen molar-refractivity contribution in [3.8, 4) is 17.2 Å². The molecule has 0 amide bonds. The Kier molecular flexibility index (Phi) is 4.53. The van der Waals surface area contributed by atoms with Crippen molar-refractivity contribution in [2.45, 2.75) is 0 Å². The summed E-state index contributed by atoms with van der Waals surface area (Å²) in [5, 5.41) is 9.44. The molecule has 0 unspecified atom stereocenters. The molecule has 0 spiro atoms. The van der Waals surface area contributed by atoms with E-state index in [4.69, 9.17) is 0 Å². The monoisotopic (exact) mass is 319 g/mol. The van der Waals surface area contributed by atoms with Gasteiger partial charge in [-0.1, -0.05) is 42.5 Å². The quantitative estimate of drug-likeness (QED) is 0.626. The van der Waals surface area contributed by atoms with E-state index in [1.165, 1.54) is 18.4 Å². The van der Waals surface area contributed by atoms with Crippen LogP contribution in [0.2, 0.25) is 0 Å². The second-order valence-electron chi connectivity index (χ2n) is 5.06. The lowest BCUT2D eigenvalue weighted by atomic mass is 10.0. The minimum Gasteiger partial charge on any atom is -0.331 e. The highest BCUT2D eigenvalue weighted by Crippen LogP contribution is 2.26. The second kappa shape index (κ2) is 6.92. The van der Waals surface area contributed by atoms with Crippen LogP contribution in [0.1, 0.15) is 5.69 Å². The van der Waals surface area contributed by atoms with Crippen LogP contribution < -0.4 is 0 Å². The Balaban J connectivity index is 2.00. The lowest BCUT2D eigenvalue weighted by Gasteiger charge is -2.21. The van der Waals surface area contributed by atoms with Gasteiger partial charge in [0.15, 0.2) is 0 Å². The molecule has 0 radical (unpaired) electrons. The molecule has 24 heavy (non-hydrogen) atoms. The first-order valence-corrected chi connectivity index (χ1v) is 7.28. The van der Waals surface area contributed by atoms with Gasteiger partial charge in [-0.15, -0.1) is 0 Å². The molecule has 0 saturated heterocycles. The average molecular weight is 319 g/mol. The molecular weight excluding hydrogens is 307 g/mol. The highest BCUT2D eigenvalue weighted by atomic mass is 19.2. The summed E-state index contributed by atoms with van der Waals surface area (Å²) in [6.07, 6.45) is 7.48. The first kappa shape index (κ1) is 15.7. The summed E-state index contributed by atoms with van der Waals surface area (Å²) >= 11 is 0. The zero-order valence-electron chi connectivity index (χ0n) is 12.6. The van der Waals surface area contributed by atoms with Crippen molar-refractivity contribution in [1.82, 2.24) is 9.79 Å². The van der Waals surface area contributed by atoms with Crippen LogP contribution in [-0.4, -0.2) is 17.2 Å². The van der Waals surface area contributed by atoms with Crippen molar-refractivity contribution in [3.63, 3.8) is 0 Å². The van der Waals surface area contributed by atoms with Crippen LogP contribution >= 0.6 is 0 Å². The van der Waals surface area contributed by atoms with Gasteiger partial charge in [-0.2, -0.15) is 5.26 Å². The van der Waals surface area contributed by atoms with Crippen molar-refractivity contribution in [2.75, 3.05) is 0 Å². The first-order valence-electron chi connectivity index (χ1n) is 7.28. The van der Waals surface area contributed by atoms with Crippen molar-refractivity contribution >= 4 is 13.0 Å². The van der Waals surface area contributed by atoms with Gasteiger partial charge in [0, 0.05) is 11.8 Å². The predicted molar refractivity (Wildman–Crippen MR) is 90.3 cm³/mol. The maximum absolute atomic E-state index is 13.1.